The van der Waals surface area contributed by atoms with Crippen LogP contribution in [-0.2, 0) is 11.3 Å². The number of ether oxygens (including phenoxy) is 1. The summed E-state index contributed by atoms with van der Waals surface area (Å²) >= 11 is 7.33. The number of nitrogens with zero attached hydrogens (tertiary/aromatic N) is 3. The number of piperazine rings is 1. The van der Waals surface area contributed by atoms with Gasteiger partial charge in [-0.15, -0.1) is 11.3 Å². The third-order valence-corrected chi connectivity index (χ3v) is 4.03. The Morgan fingerprint density at radius 2 is 2.05 bits per heavy atom. The molecule has 1 fully saturated rings. The topological polar surface area (TPSA) is 45.7 Å². The molecule has 0 spiro atoms. The van der Waals surface area contributed by atoms with Crippen LogP contribution in [-0.4, -0.2) is 52.7 Å². The molecule has 0 aliphatic carbocycles. The predicted molar refractivity (Wildman–Crippen MR) is 80.2 cm³/mol. The van der Waals surface area contributed by atoms with Gasteiger partial charge in [0, 0.05) is 43.8 Å². The number of carbonyl (C=O) groups excluding carboxylic acids is 1. The molecule has 1 aliphatic heterocycles. The largest absolute Gasteiger partial charge is 0.444 e. The smallest absolute Gasteiger partial charge is 0.410 e. The summed E-state index contributed by atoms with van der Waals surface area (Å²) < 4.78 is 5.95. The molecule has 1 saturated heterocycles. The van der Waals surface area contributed by atoms with Crippen LogP contribution in [0.15, 0.2) is 6.20 Å². The zero-order valence-electron chi connectivity index (χ0n) is 12.1. The van der Waals surface area contributed by atoms with Gasteiger partial charge in [0.15, 0.2) is 4.47 Å². The van der Waals surface area contributed by atoms with Gasteiger partial charge in [-0.2, -0.15) is 0 Å². The first kappa shape index (κ1) is 15.5. The van der Waals surface area contributed by atoms with Crippen LogP contribution in [0.25, 0.3) is 0 Å². The molecular formula is C13H20ClN3O2S. The van der Waals surface area contributed by atoms with E-state index in [1.165, 1.54) is 11.3 Å². The molecule has 7 heteroatoms. The van der Waals surface area contributed by atoms with E-state index >= 15 is 0 Å². The lowest BCUT2D eigenvalue weighted by Crippen LogP contribution is -2.49. The molecular weight excluding hydrogens is 298 g/mol. The highest BCUT2D eigenvalue weighted by atomic mass is 35.5. The Hall–Kier alpha value is -0.850. The molecule has 0 N–H and O–H groups in total. The molecule has 1 aromatic heterocycles. The van der Waals surface area contributed by atoms with Crippen LogP contribution < -0.4 is 0 Å². The fourth-order valence-corrected chi connectivity index (χ4v) is 3.01. The average molecular weight is 318 g/mol. The summed E-state index contributed by atoms with van der Waals surface area (Å²) in [4.78, 5) is 21.2. The molecule has 112 valence electrons. The molecule has 1 amide bonds. The van der Waals surface area contributed by atoms with Crippen LogP contribution in [0.2, 0.25) is 4.47 Å². The van der Waals surface area contributed by atoms with Gasteiger partial charge in [0.2, 0.25) is 0 Å². The molecule has 0 bridgehead atoms. The molecule has 0 saturated carbocycles. The second kappa shape index (κ2) is 6.28. The van der Waals surface area contributed by atoms with Crippen LogP contribution in [0.4, 0.5) is 4.79 Å². The van der Waals surface area contributed by atoms with Gasteiger partial charge in [0.25, 0.3) is 0 Å². The first-order chi connectivity index (χ1) is 9.33. The number of carbonyl (C=O) groups is 1. The van der Waals surface area contributed by atoms with E-state index in [1.807, 2.05) is 27.0 Å². The minimum absolute atomic E-state index is 0.224. The lowest BCUT2D eigenvalue weighted by atomic mass is 10.2. The summed E-state index contributed by atoms with van der Waals surface area (Å²) in [6.07, 6.45) is 1.59. The number of amides is 1. The SMILES string of the molecule is CC(C)(C)OC(=O)N1CCN(Cc2cnc(Cl)s2)CC1. The Kier molecular flexibility index (Phi) is 4.88. The molecule has 1 aliphatic rings. The molecule has 0 atom stereocenters. The van der Waals surface area contributed by atoms with Gasteiger partial charge >= 0.3 is 6.09 Å². The number of hydrogen-bond donors (Lipinski definition) is 0. The van der Waals surface area contributed by atoms with Crippen molar-refractivity contribution in [2.75, 3.05) is 26.2 Å². The normalized spacial score (nSPS) is 17.3. The zero-order chi connectivity index (χ0) is 14.8. The van der Waals surface area contributed by atoms with Crippen LogP contribution in [0.3, 0.4) is 0 Å². The van der Waals surface area contributed by atoms with Crippen LogP contribution in [0.1, 0.15) is 25.6 Å². The summed E-state index contributed by atoms with van der Waals surface area (Å²) in [5.41, 5.74) is -0.437. The lowest BCUT2D eigenvalue weighted by molar-refractivity contribution is 0.0139. The maximum absolute atomic E-state index is 11.9. The van der Waals surface area contributed by atoms with Crippen molar-refractivity contribution in [3.63, 3.8) is 0 Å². The van der Waals surface area contributed by atoms with Gasteiger partial charge < -0.3 is 9.64 Å². The quantitative estimate of drug-likeness (QED) is 0.841. The van der Waals surface area contributed by atoms with E-state index in [-0.39, 0.29) is 6.09 Å². The Morgan fingerprint density at radius 1 is 1.40 bits per heavy atom. The van der Waals surface area contributed by atoms with Crippen molar-refractivity contribution in [3.05, 3.63) is 15.5 Å². The Morgan fingerprint density at radius 3 is 2.55 bits per heavy atom. The number of aromatic nitrogens is 1. The third-order valence-electron chi connectivity index (χ3n) is 2.93. The van der Waals surface area contributed by atoms with Crippen molar-refractivity contribution >= 4 is 29.0 Å². The summed E-state index contributed by atoms with van der Waals surface area (Å²) in [5, 5.41) is 0. The zero-order valence-corrected chi connectivity index (χ0v) is 13.6. The second-order valence-electron chi connectivity index (χ2n) is 5.82. The fourth-order valence-electron chi connectivity index (χ4n) is 1.99. The fraction of sp³-hybridized carbons (Fsp3) is 0.692. The van der Waals surface area contributed by atoms with Gasteiger partial charge in [0.1, 0.15) is 5.60 Å². The van der Waals surface area contributed by atoms with Crippen molar-refractivity contribution in [1.29, 1.82) is 0 Å². The highest BCUT2D eigenvalue weighted by Gasteiger charge is 2.25. The van der Waals surface area contributed by atoms with Crippen molar-refractivity contribution in [2.45, 2.75) is 32.9 Å². The van der Waals surface area contributed by atoms with E-state index in [4.69, 9.17) is 16.3 Å². The molecule has 0 aromatic carbocycles. The van der Waals surface area contributed by atoms with Crippen molar-refractivity contribution in [1.82, 2.24) is 14.8 Å². The maximum Gasteiger partial charge on any atom is 0.410 e. The van der Waals surface area contributed by atoms with E-state index in [0.29, 0.717) is 17.6 Å². The average Bonchev–Trinajstić information content (AvgIpc) is 2.73. The molecule has 2 heterocycles. The molecule has 0 radical (unpaired) electrons. The van der Waals surface area contributed by atoms with Gasteiger partial charge in [0.05, 0.1) is 0 Å². The first-order valence-electron chi connectivity index (χ1n) is 6.64. The molecule has 5 nitrogen and oxygen atoms in total. The standard InChI is InChI=1S/C13H20ClN3O2S/c1-13(2,3)19-12(18)17-6-4-16(5-7-17)9-10-8-15-11(14)20-10/h8H,4-7,9H2,1-3H3. The number of halogens is 1. The van der Waals surface area contributed by atoms with E-state index in [1.54, 1.807) is 4.90 Å². The highest BCUT2D eigenvalue weighted by molar-refractivity contribution is 7.15. The van der Waals surface area contributed by atoms with E-state index < -0.39 is 5.60 Å². The molecule has 1 aromatic rings. The number of thiazole rings is 1. The Balaban J connectivity index is 1.79. The lowest BCUT2D eigenvalue weighted by Gasteiger charge is -2.35. The summed E-state index contributed by atoms with van der Waals surface area (Å²) in [6.45, 7) is 9.57. The maximum atomic E-state index is 11.9. The number of rotatable bonds is 2. The highest BCUT2D eigenvalue weighted by Crippen LogP contribution is 2.20. The summed E-state index contributed by atoms with van der Waals surface area (Å²) in [5.74, 6) is 0. The summed E-state index contributed by atoms with van der Waals surface area (Å²) in [6, 6.07) is 0. The van der Waals surface area contributed by atoms with Crippen molar-refractivity contribution in [2.24, 2.45) is 0 Å². The Bertz CT molecular complexity index is 464. The van der Waals surface area contributed by atoms with Gasteiger partial charge in [-0.3, -0.25) is 4.90 Å². The van der Waals surface area contributed by atoms with Crippen LogP contribution in [0.5, 0.6) is 0 Å². The van der Waals surface area contributed by atoms with E-state index in [0.717, 1.165) is 24.5 Å². The monoisotopic (exact) mass is 317 g/mol. The van der Waals surface area contributed by atoms with Crippen molar-refractivity contribution < 1.29 is 9.53 Å². The second-order valence-corrected chi connectivity index (χ2v) is 7.52. The minimum atomic E-state index is -0.437. The van der Waals surface area contributed by atoms with Gasteiger partial charge in [-0.25, -0.2) is 9.78 Å². The predicted octanol–water partition coefficient (Wildman–Crippen LogP) is 2.85. The molecule has 0 unspecified atom stereocenters. The summed E-state index contributed by atoms with van der Waals surface area (Å²) in [7, 11) is 0. The number of hydrogen-bond acceptors (Lipinski definition) is 5. The Labute approximate surface area is 128 Å². The van der Waals surface area contributed by atoms with E-state index in [9.17, 15) is 4.79 Å². The first-order valence-corrected chi connectivity index (χ1v) is 7.83. The third kappa shape index (κ3) is 4.61. The van der Waals surface area contributed by atoms with Gasteiger partial charge in [-0.05, 0) is 20.8 Å². The van der Waals surface area contributed by atoms with E-state index in [2.05, 4.69) is 9.88 Å². The van der Waals surface area contributed by atoms with Crippen molar-refractivity contribution in [3.8, 4) is 0 Å². The van der Waals surface area contributed by atoms with Gasteiger partial charge in [-0.1, -0.05) is 11.6 Å². The van der Waals surface area contributed by atoms with Crippen LogP contribution in [0, 0.1) is 0 Å². The molecule has 2 rings (SSSR count). The molecule has 20 heavy (non-hydrogen) atoms. The minimum Gasteiger partial charge on any atom is -0.444 e. The van der Waals surface area contributed by atoms with Crippen LogP contribution >= 0.6 is 22.9 Å².